The van der Waals surface area contributed by atoms with Crippen molar-refractivity contribution in [2.45, 2.75) is 45.2 Å². The molecule has 0 atom stereocenters. The van der Waals surface area contributed by atoms with Crippen LogP contribution in [-0.4, -0.2) is 81.1 Å². The van der Waals surface area contributed by atoms with E-state index in [0.29, 0.717) is 93.4 Å². The summed E-state index contributed by atoms with van der Waals surface area (Å²) < 4.78 is 21.7. The second-order valence-electron chi connectivity index (χ2n) is 11.0. The van der Waals surface area contributed by atoms with Crippen molar-refractivity contribution in [3.8, 4) is 11.5 Å². The van der Waals surface area contributed by atoms with Crippen molar-refractivity contribution < 1.29 is 23.7 Å². The van der Waals surface area contributed by atoms with Gasteiger partial charge in [0.1, 0.15) is 0 Å². The Morgan fingerprint density at radius 1 is 0.804 bits per heavy atom. The van der Waals surface area contributed by atoms with Crippen LogP contribution in [0.15, 0.2) is 42.5 Å². The summed E-state index contributed by atoms with van der Waals surface area (Å²) in [5.74, 6) is 3.18. The van der Waals surface area contributed by atoms with Crippen LogP contribution in [0.5, 0.6) is 11.5 Å². The molecule has 13 nitrogen and oxygen atoms in total. The smallest absolute Gasteiger partial charge is 0.251 e. The van der Waals surface area contributed by atoms with Gasteiger partial charge in [-0.2, -0.15) is 15.0 Å². The highest BCUT2D eigenvalue weighted by molar-refractivity contribution is 5.94. The van der Waals surface area contributed by atoms with E-state index in [2.05, 4.69) is 36.2 Å². The first-order valence-electron chi connectivity index (χ1n) is 16.0. The topological polar surface area (TPSA) is 167 Å². The number of nitrogens with zero attached hydrogens (tertiary/aromatic N) is 3. The van der Waals surface area contributed by atoms with E-state index >= 15 is 0 Å². The van der Waals surface area contributed by atoms with Crippen molar-refractivity contribution in [1.29, 1.82) is 0 Å². The summed E-state index contributed by atoms with van der Waals surface area (Å²) in [6.45, 7) is 4.50. The predicted octanol–water partition coefficient (Wildman–Crippen LogP) is 3.83. The molecule has 1 heterocycles. The molecule has 46 heavy (non-hydrogen) atoms. The Labute approximate surface area is 271 Å². The van der Waals surface area contributed by atoms with Crippen LogP contribution in [0.4, 0.5) is 17.8 Å². The molecule has 0 aliphatic heterocycles. The summed E-state index contributed by atoms with van der Waals surface area (Å²) in [4.78, 5) is 26.4. The van der Waals surface area contributed by atoms with Gasteiger partial charge in [-0.05, 0) is 42.5 Å². The van der Waals surface area contributed by atoms with Crippen LogP contribution >= 0.6 is 0 Å². The summed E-state index contributed by atoms with van der Waals surface area (Å²) >= 11 is 0. The van der Waals surface area contributed by atoms with Gasteiger partial charge in [-0.1, -0.05) is 43.5 Å². The predicted molar refractivity (Wildman–Crippen MR) is 179 cm³/mol. The molecule has 2 aromatic carbocycles. The molecular weight excluding hydrogens is 588 g/mol. The molecule has 1 aliphatic carbocycles. The molecule has 0 radical (unpaired) electrons. The van der Waals surface area contributed by atoms with Gasteiger partial charge in [0.05, 0.1) is 40.6 Å². The zero-order valence-corrected chi connectivity index (χ0v) is 27.0. The molecule has 0 saturated heterocycles. The van der Waals surface area contributed by atoms with E-state index < -0.39 is 0 Å². The van der Waals surface area contributed by atoms with E-state index in [9.17, 15) is 4.79 Å². The third-order valence-electron chi connectivity index (χ3n) is 7.66. The molecule has 0 bridgehead atoms. The van der Waals surface area contributed by atoms with Crippen LogP contribution in [0.3, 0.4) is 0 Å². The second kappa shape index (κ2) is 19.3. The lowest BCUT2D eigenvalue weighted by Gasteiger charge is -2.22. The third kappa shape index (κ3) is 11.3. The Morgan fingerprint density at radius 2 is 1.48 bits per heavy atom. The van der Waals surface area contributed by atoms with Crippen LogP contribution in [0.2, 0.25) is 0 Å². The van der Waals surface area contributed by atoms with Gasteiger partial charge in [0.2, 0.25) is 17.8 Å². The third-order valence-corrected chi connectivity index (χ3v) is 7.66. The molecular formula is C33H48N8O5. The molecule has 1 saturated carbocycles. The highest BCUT2D eigenvalue weighted by Gasteiger charge is 2.15. The maximum atomic E-state index is 12.5. The lowest BCUT2D eigenvalue weighted by Crippen LogP contribution is -2.27. The van der Waals surface area contributed by atoms with E-state index in [1.807, 2.05) is 30.3 Å². The van der Waals surface area contributed by atoms with Crippen molar-refractivity contribution in [3.05, 3.63) is 59.2 Å². The number of anilines is 3. The number of nitrogens with two attached hydrogens (primary N) is 1. The standard InChI is InChI=1S/C33H48N8O5/c1-43-28-10-6-9-27(29(28)44-2)23-38-33-40-31(36-21-24-7-4-3-5-8-24)39-32(41-33)37-22-25-11-13-26(14-12-25)30(42)35-16-18-46-20-19-45-17-15-34/h6,9-14,24H,3-5,7-8,15-23,34H2,1-2H3,(H,35,42)(H3,36,37,38,39,40,41). The van der Waals surface area contributed by atoms with E-state index in [4.69, 9.17) is 24.7 Å². The Balaban J connectivity index is 1.34. The zero-order valence-electron chi connectivity index (χ0n) is 27.0. The lowest BCUT2D eigenvalue weighted by atomic mass is 9.89. The van der Waals surface area contributed by atoms with Crippen LogP contribution in [0, 0.1) is 5.92 Å². The fourth-order valence-corrected chi connectivity index (χ4v) is 5.21. The van der Waals surface area contributed by atoms with Crippen molar-refractivity contribution >= 4 is 23.8 Å². The highest BCUT2D eigenvalue weighted by atomic mass is 16.5. The first kappa shape index (κ1) is 34.7. The molecule has 1 amide bonds. The number of carbonyl (C=O) groups is 1. The van der Waals surface area contributed by atoms with Gasteiger partial charge in [-0.3, -0.25) is 4.79 Å². The molecule has 13 heteroatoms. The van der Waals surface area contributed by atoms with Crippen LogP contribution in [0.25, 0.3) is 0 Å². The summed E-state index contributed by atoms with van der Waals surface area (Å²) in [6, 6.07) is 13.2. The Bertz CT molecular complexity index is 1340. The number of para-hydroxylation sites is 1. The fourth-order valence-electron chi connectivity index (χ4n) is 5.21. The molecule has 250 valence electrons. The molecule has 0 unspecified atom stereocenters. The number of carbonyl (C=O) groups excluding carboxylic acids is 1. The van der Waals surface area contributed by atoms with Gasteiger partial charge >= 0.3 is 0 Å². The fraction of sp³-hybridized carbons (Fsp3) is 0.515. The molecule has 1 aliphatic rings. The average molecular weight is 637 g/mol. The van der Waals surface area contributed by atoms with Gasteiger partial charge in [0.25, 0.3) is 5.91 Å². The Hall–Kier alpha value is -4.20. The molecule has 1 fully saturated rings. The van der Waals surface area contributed by atoms with E-state index in [1.165, 1.54) is 32.1 Å². The normalized spacial score (nSPS) is 13.2. The summed E-state index contributed by atoms with van der Waals surface area (Å²) in [6.07, 6.45) is 6.29. The van der Waals surface area contributed by atoms with Crippen LogP contribution in [0.1, 0.15) is 53.6 Å². The number of aromatic nitrogens is 3. The summed E-state index contributed by atoms with van der Waals surface area (Å²) in [5, 5.41) is 12.9. The second-order valence-corrected chi connectivity index (χ2v) is 11.0. The maximum Gasteiger partial charge on any atom is 0.251 e. The van der Waals surface area contributed by atoms with E-state index in [1.54, 1.807) is 26.4 Å². The number of hydrogen-bond donors (Lipinski definition) is 5. The monoisotopic (exact) mass is 636 g/mol. The van der Waals surface area contributed by atoms with E-state index in [-0.39, 0.29) is 5.91 Å². The molecule has 6 N–H and O–H groups in total. The van der Waals surface area contributed by atoms with Crippen molar-refractivity contribution in [2.24, 2.45) is 11.7 Å². The average Bonchev–Trinajstić information content (AvgIpc) is 3.10. The number of ether oxygens (including phenoxy) is 4. The number of methoxy groups -OCH3 is 2. The number of rotatable bonds is 20. The largest absolute Gasteiger partial charge is 0.493 e. The van der Waals surface area contributed by atoms with Gasteiger partial charge in [-0.25, -0.2) is 0 Å². The van der Waals surface area contributed by atoms with E-state index in [0.717, 1.165) is 17.7 Å². The SMILES string of the molecule is COc1cccc(CNc2nc(NCc3ccc(C(=O)NCCOCCOCCN)cc3)nc(NCC3CCCCC3)n2)c1OC. The number of nitrogens with one attached hydrogen (secondary N) is 4. The first-order valence-corrected chi connectivity index (χ1v) is 16.0. The Morgan fingerprint density at radius 3 is 2.15 bits per heavy atom. The van der Waals surface area contributed by atoms with Crippen LogP contribution < -0.4 is 36.5 Å². The quantitative estimate of drug-likeness (QED) is 0.114. The maximum absolute atomic E-state index is 12.5. The van der Waals surface area contributed by atoms with Crippen molar-refractivity contribution in [1.82, 2.24) is 20.3 Å². The summed E-state index contributed by atoms with van der Waals surface area (Å²) in [5.41, 5.74) is 7.85. The Kier molecular flexibility index (Phi) is 14.6. The summed E-state index contributed by atoms with van der Waals surface area (Å²) in [7, 11) is 3.24. The molecule has 4 rings (SSSR count). The van der Waals surface area contributed by atoms with Crippen molar-refractivity contribution in [3.63, 3.8) is 0 Å². The van der Waals surface area contributed by atoms with Crippen molar-refractivity contribution in [2.75, 3.05) is 76.2 Å². The minimum atomic E-state index is -0.156. The van der Waals surface area contributed by atoms with Gasteiger partial charge in [-0.15, -0.1) is 0 Å². The minimum Gasteiger partial charge on any atom is -0.493 e. The number of amides is 1. The lowest BCUT2D eigenvalue weighted by molar-refractivity contribution is 0.0511. The van der Waals surface area contributed by atoms with Gasteiger partial charge < -0.3 is 45.9 Å². The highest BCUT2D eigenvalue weighted by Crippen LogP contribution is 2.31. The number of hydrogen-bond acceptors (Lipinski definition) is 12. The first-order chi connectivity index (χ1) is 22.6. The molecule has 0 spiro atoms. The van der Waals surface area contributed by atoms with Crippen LogP contribution in [-0.2, 0) is 22.6 Å². The van der Waals surface area contributed by atoms with Gasteiger partial charge in [0, 0.05) is 43.9 Å². The molecule has 3 aromatic rings. The number of benzene rings is 2. The van der Waals surface area contributed by atoms with Gasteiger partial charge in [0.15, 0.2) is 11.5 Å². The zero-order chi connectivity index (χ0) is 32.4. The molecule has 1 aromatic heterocycles. The minimum absolute atomic E-state index is 0.156.